The fraction of sp³-hybridized carbons (Fsp3) is 0.333. The molecule has 0 unspecified atom stereocenters. The van der Waals surface area contributed by atoms with Crippen molar-refractivity contribution in [2.75, 3.05) is 0 Å². The Morgan fingerprint density at radius 1 is 1.47 bits per heavy atom. The van der Waals surface area contributed by atoms with Crippen LogP contribution in [0.15, 0.2) is 36.0 Å². The quantitative estimate of drug-likeness (QED) is 0.489. The van der Waals surface area contributed by atoms with Crippen LogP contribution < -0.4 is 0 Å². The molecule has 0 N–H and O–H groups in total. The zero-order valence-electron chi connectivity index (χ0n) is 8.56. The van der Waals surface area contributed by atoms with Gasteiger partial charge in [0.1, 0.15) is 0 Å². The van der Waals surface area contributed by atoms with Crippen LogP contribution >= 0.6 is 0 Å². The molecule has 0 nitrogen and oxygen atoms in total. The molecule has 0 aliphatic carbocycles. The minimum Gasteiger partial charge on any atom is -0.166 e. The van der Waals surface area contributed by atoms with Crippen molar-refractivity contribution in [3.8, 4) is 12.3 Å². The monoisotopic (exact) mass is 214 g/mol. The Morgan fingerprint density at radius 3 is 2.47 bits per heavy atom. The Bertz CT molecular complexity index is 311. The van der Waals surface area contributed by atoms with Crippen LogP contribution in [0.3, 0.4) is 0 Å². The number of alkyl halides is 3. The molecule has 0 heterocycles. The van der Waals surface area contributed by atoms with Crippen LogP contribution in [0.1, 0.15) is 19.8 Å². The molecule has 0 aliphatic rings. The number of rotatable bonds is 4. The maximum atomic E-state index is 12.4. The fourth-order valence-electron chi connectivity index (χ4n) is 0.976. The van der Waals surface area contributed by atoms with Crippen LogP contribution in [0, 0.1) is 12.3 Å². The summed E-state index contributed by atoms with van der Waals surface area (Å²) in [6.07, 6.45) is 4.71. The normalized spacial score (nSPS) is 12.9. The van der Waals surface area contributed by atoms with E-state index in [0.29, 0.717) is 12.0 Å². The zero-order chi connectivity index (χ0) is 11.9. The van der Waals surface area contributed by atoms with E-state index in [1.54, 1.807) is 0 Å². The van der Waals surface area contributed by atoms with E-state index in [2.05, 4.69) is 6.58 Å². The molecular weight excluding hydrogens is 201 g/mol. The first-order valence-corrected chi connectivity index (χ1v) is 4.51. The fourth-order valence-corrected chi connectivity index (χ4v) is 0.976. The Labute approximate surface area is 88.2 Å². The molecule has 0 bridgehead atoms. The van der Waals surface area contributed by atoms with Gasteiger partial charge in [0.05, 0.1) is 5.57 Å². The van der Waals surface area contributed by atoms with E-state index in [1.807, 2.05) is 12.8 Å². The van der Waals surface area contributed by atoms with Gasteiger partial charge in [0.2, 0.25) is 0 Å². The maximum Gasteiger partial charge on any atom is 0.416 e. The molecule has 0 aromatic rings. The highest BCUT2D eigenvalue weighted by Crippen LogP contribution is 2.28. The summed E-state index contributed by atoms with van der Waals surface area (Å²) in [5.74, 6) is 2.02. The molecule has 0 fully saturated rings. The zero-order valence-corrected chi connectivity index (χ0v) is 8.56. The summed E-state index contributed by atoms with van der Waals surface area (Å²) in [6.45, 7) is 5.42. The molecule has 3 heteroatoms. The lowest BCUT2D eigenvalue weighted by Crippen LogP contribution is -2.10. The van der Waals surface area contributed by atoms with Gasteiger partial charge in [-0.2, -0.15) is 13.2 Å². The standard InChI is InChI=1S/C12H13F3/c1-4-6-8-11(12(13,14)15)9-10(3)7-5-2/h1,6,8-9H,3,5,7H2,2H3/b8-6-,11-9+. The lowest BCUT2D eigenvalue weighted by atomic mass is 10.1. The van der Waals surface area contributed by atoms with E-state index < -0.39 is 11.7 Å². The summed E-state index contributed by atoms with van der Waals surface area (Å²) in [6, 6.07) is 0. The van der Waals surface area contributed by atoms with Gasteiger partial charge >= 0.3 is 6.18 Å². The highest BCUT2D eigenvalue weighted by Gasteiger charge is 2.31. The van der Waals surface area contributed by atoms with Crippen LogP contribution in [0.2, 0.25) is 0 Å². The van der Waals surface area contributed by atoms with Gasteiger partial charge in [0.15, 0.2) is 0 Å². The van der Waals surface area contributed by atoms with Crippen LogP contribution in [-0.2, 0) is 0 Å². The molecule has 0 rings (SSSR count). The smallest absolute Gasteiger partial charge is 0.166 e. The second-order valence-corrected chi connectivity index (χ2v) is 3.01. The third kappa shape index (κ3) is 5.79. The van der Waals surface area contributed by atoms with Gasteiger partial charge < -0.3 is 0 Å². The lowest BCUT2D eigenvalue weighted by molar-refractivity contribution is -0.0882. The predicted molar refractivity (Wildman–Crippen MR) is 56.2 cm³/mol. The third-order valence-corrected chi connectivity index (χ3v) is 1.62. The van der Waals surface area contributed by atoms with E-state index in [-0.39, 0.29) is 0 Å². The van der Waals surface area contributed by atoms with Gasteiger partial charge in [-0.1, -0.05) is 31.4 Å². The van der Waals surface area contributed by atoms with Crippen LogP contribution in [-0.4, -0.2) is 6.18 Å². The lowest BCUT2D eigenvalue weighted by Gasteiger charge is -2.08. The second-order valence-electron chi connectivity index (χ2n) is 3.01. The Morgan fingerprint density at radius 2 is 2.07 bits per heavy atom. The van der Waals surface area contributed by atoms with Crippen molar-refractivity contribution in [2.24, 2.45) is 0 Å². The summed E-state index contributed by atoms with van der Waals surface area (Å²) in [5, 5.41) is 0. The average Bonchev–Trinajstić information content (AvgIpc) is 2.10. The van der Waals surface area contributed by atoms with Crippen LogP contribution in [0.4, 0.5) is 13.2 Å². The first-order valence-electron chi connectivity index (χ1n) is 4.51. The molecule has 0 atom stereocenters. The van der Waals surface area contributed by atoms with Gasteiger partial charge in [-0.25, -0.2) is 0 Å². The van der Waals surface area contributed by atoms with Crippen molar-refractivity contribution in [3.05, 3.63) is 36.0 Å². The van der Waals surface area contributed by atoms with Gasteiger partial charge in [-0.05, 0) is 24.6 Å². The molecule has 82 valence electrons. The summed E-state index contributed by atoms with van der Waals surface area (Å²) in [5.41, 5.74) is -0.314. The predicted octanol–water partition coefficient (Wildman–Crippen LogP) is 4.02. The van der Waals surface area contributed by atoms with Crippen molar-refractivity contribution in [3.63, 3.8) is 0 Å². The minimum atomic E-state index is -4.38. The first kappa shape index (κ1) is 13.6. The Balaban J connectivity index is 4.88. The molecular formula is C12H13F3. The first-order chi connectivity index (χ1) is 6.91. The Hall–Kier alpha value is -1.43. The minimum absolute atomic E-state index is 0.450. The Kier molecular flexibility index (Phi) is 5.54. The summed E-state index contributed by atoms with van der Waals surface area (Å²) in [4.78, 5) is 0. The van der Waals surface area contributed by atoms with Crippen molar-refractivity contribution < 1.29 is 13.2 Å². The van der Waals surface area contributed by atoms with Gasteiger partial charge in [0.25, 0.3) is 0 Å². The highest BCUT2D eigenvalue weighted by molar-refractivity contribution is 5.34. The van der Waals surface area contributed by atoms with Crippen LogP contribution in [0.5, 0.6) is 0 Å². The van der Waals surface area contributed by atoms with E-state index in [1.165, 1.54) is 0 Å². The summed E-state index contributed by atoms with van der Waals surface area (Å²) in [7, 11) is 0. The van der Waals surface area contributed by atoms with Crippen molar-refractivity contribution in [1.82, 2.24) is 0 Å². The molecule has 0 saturated carbocycles. The van der Waals surface area contributed by atoms with Crippen molar-refractivity contribution >= 4 is 0 Å². The third-order valence-electron chi connectivity index (χ3n) is 1.62. The largest absolute Gasteiger partial charge is 0.416 e. The number of hydrogen-bond donors (Lipinski definition) is 0. The molecule has 0 radical (unpaired) electrons. The average molecular weight is 214 g/mol. The number of hydrogen-bond acceptors (Lipinski definition) is 0. The van der Waals surface area contributed by atoms with Crippen LogP contribution in [0.25, 0.3) is 0 Å². The SMILES string of the molecule is C#C/C=C\C(=C/C(=C)CCC)C(F)(F)F. The topological polar surface area (TPSA) is 0 Å². The van der Waals surface area contributed by atoms with Gasteiger partial charge in [0, 0.05) is 0 Å². The number of terminal acetylenes is 1. The van der Waals surface area contributed by atoms with E-state index in [9.17, 15) is 13.2 Å². The van der Waals surface area contributed by atoms with Gasteiger partial charge in [-0.15, -0.1) is 6.42 Å². The van der Waals surface area contributed by atoms with E-state index in [0.717, 1.165) is 24.6 Å². The second kappa shape index (κ2) is 6.13. The molecule has 15 heavy (non-hydrogen) atoms. The molecule has 0 aromatic carbocycles. The molecule has 0 saturated heterocycles. The summed E-state index contributed by atoms with van der Waals surface area (Å²) >= 11 is 0. The summed E-state index contributed by atoms with van der Waals surface area (Å²) < 4.78 is 37.2. The number of allylic oxidation sites excluding steroid dienone is 5. The molecule has 0 aromatic heterocycles. The van der Waals surface area contributed by atoms with E-state index in [4.69, 9.17) is 6.42 Å². The highest BCUT2D eigenvalue weighted by atomic mass is 19.4. The molecule has 0 aliphatic heterocycles. The van der Waals surface area contributed by atoms with Gasteiger partial charge in [-0.3, -0.25) is 0 Å². The van der Waals surface area contributed by atoms with Crippen molar-refractivity contribution in [2.45, 2.75) is 25.9 Å². The maximum absolute atomic E-state index is 12.4. The number of halogens is 3. The van der Waals surface area contributed by atoms with E-state index >= 15 is 0 Å². The van der Waals surface area contributed by atoms with Crippen molar-refractivity contribution in [1.29, 1.82) is 0 Å². The molecule has 0 amide bonds. The molecule has 0 spiro atoms.